The molecule has 1 rings (SSSR count). The van der Waals surface area contributed by atoms with Crippen molar-refractivity contribution in [1.29, 1.82) is 0 Å². The molecule has 0 unspecified atom stereocenters. The van der Waals surface area contributed by atoms with Crippen LogP contribution in [0.3, 0.4) is 0 Å². The molecule has 0 bridgehead atoms. The lowest BCUT2D eigenvalue weighted by molar-refractivity contribution is -0.124. The van der Waals surface area contributed by atoms with Gasteiger partial charge in [-0.15, -0.1) is 0 Å². The maximum absolute atomic E-state index is 12.2. The number of hydrogen-bond donors (Lipinski definition) is 1. The van der Waals surface area contributed by atoms with Gasteiger partial charge >= 0.3 is 6.61 Å². The molecule has 112 valence electrons. The second-order valence-electron chi connectivity index (χ2n) is 3.90. The minimum Gasteiger partial charge on any atom is -0.493 e. The Morgan fingerprint density at radius 3 is 2.65 bits per heavy atom. The normalized spacial score (nSPS) is 10.4. The van der Waals surface area contributed by atoms with E-state index in [9.17, 15) is 13.6 Å². The summed E-state index contributed by atoms with van der Waals surface area (Å²) in [4.78, 5) is 11.2. The second kappa shape index (κ2) is 8.31. The van der Waals surface area contributed by atoms with Gasteiger partial charge in [-0.25, -0.2) is 0 Å². The zero-order chi connectivity index (χ0) is 15.0. The zero-order valence-corrected chi connectivity index (χ0v) is 11.3. The molecule has 20 heavy (non-hydrogen) atoms. The summed E-state index contributed by atoms with van der Waals surface area (Å²) < 4.78 is 38.3. The standard InChI is InChI=1S/C13H17F2NO4/c1-18-8-12(17)16-6-5-9-3-4-10(20-13(14)15)11(7-9)19-2/h3-4,7,13H,5-6,8H2,1-2H3,(H,16,17). The van der Waals surface area contributed by atoms with Crippen LogP contribution in [0.5, 0.6) is 11.5 Å². The number of carbonyl (C=O) groups is 1. The highest BCUT2D eigenvalue weighted by molar-refractivity contribution is 5.77. The Labute approximate surface area is 115 Å². The smallest absolute Gasteiger partial charge is 0.387 e. The molecule has 5 nitrogen and oxygen atoms in total. The first-order valence-corrected chi connectivity index (χ1v) is 5.94. The fourth-order valence-corrected chi connectivity index (χ4v) is 1.59. The molecule has 0 fully saturated rings. The van der Waals surface area contributed by atoms with E-state index in [0.29, 0.717) is 13.0 Å². The highest BCUT2D eigenvalue weighted by Crippen LogP contribution is 2.29. The molecule has 7 heteroatoms. The topological polar surface area (TPSA) is 56.8 Å². The molecule has 1 amide bonds. The Bertz CT molecular complexity index is 440. The summed E-state index contributed by atoms with van der Waals surface area (Å²) >= 11 is 0. The molecule has 0 aliphatic carbocycles. The molecule has 0 aliphatic heterocycles. The van der Waals surface area contributed by atoms with Crippen molar-refractivity contribution in [2.24, 2.45) is 0 Å². The third kappa shape index (κ3) is 5.40. The van der Waals surface area contributed by atoms with Crippen molar-refractivity contribution < 1.29 is 27.8 Å². The van der Waals surface area contributed by atoms with Gasteiger partial charge < -0.3 is 19.5 Å². The molecule has 1 N–H and O–H groups in total. The van der Waals surface area contributed by atoms with Crippen molar-refractivity contribution in [1.82, 2.24) is 5.32 Å². The number of hydrogen-bond acceptors (Lipinski definition) is 4. The number of ether oxygens (including phenoxy) is 3. The van der Waals surface area contributed by atoms with Gasteiger partial charge in [-0.3, -0.25) is 4.79 Å². The average Bonchev–Trinajstić information content (AvgIpc) is 2.40. The van der Waals surface area contributed by atoms with E-state index in [2.05, 4.69) is 14.8 Å². The molecule has 0 atom stereocenters. The van der Waals surface area contributed by atoms with E-state index in [1.165, 1.54) is 20.3 Å². The first-order valence-electron chi connectivity index (χ1n) is 5.94. The summed E-state index contributed by atoms with van der Waals surface area (Å²) in [7, 11) is 2.81. The van der Waals surface area contributed by atoms with Crippen LogP contribution in [-0.4, -0.2) is 39.9 Å². The van der Waals surface area contributed by atoms with Crippen LogP contribution in [-0.2, 0) is 16.0 Å². The molecular weight excluding hydrogens is 272 g/mol. The van der Waals surface area contributed by atoms with Crippen molar-refractivity contribution in [3.63, 3.8) is 0 Å². The van der Waals surface area contributed by atoms with E-state index in [0.717, 1.165) is 5.56 Å². The summed E-state index contributed by atoms with van der Waals surface area (Å²) in [5.41, 5.74) is 0.834. The molecule has 0 aromatic heterocycles. The maximum Gasteiger partial charge on any atom is 0.387 e. The highest BCUT2D eigenvalue weighted by atomic mass is 19.3. The van der Waals surface area contributed by atoms with Crippen LogP contribution >= 0.6 is 0 Å². The summed E-state index contributed by atoms with van der Waals surface area (Å²) in [6, 6.07) is 4.65. The molecular formula is C13H17F2NO4. The van der Waals surface area contributed by atoms with Crippen molar-refractivity contribution >= 4 is 5.91 Å². The van der Waals surface area contributed by atoms with E-state index < -0.39 is 6.61 Å². The number of carbonyl (C=O) groups excluding carboxylic acids is 1. The SMILES string of the molecule is COCC(=O)NCCc1ccc(OC(F)F)c(OC)c1. The van der Waals surface area contributed by atoms with Gasteiger partial charge in [0.15, 0.2) is 11.5 Å². The van der Waals surface area contributed by atoms with E-state index >= 15 is 0 Å². The largest absolute Gasteiger partial charge is 0.493 e. The predicted molar refractivity (Wildman–Crippen MR) is 68.2 cm³/mol. The molecule has 0 radical (unpaired) electrons. The number of benzene rings is 1. The van der Waals surface area contributed by atoms with Crippen LogP contribution < -0.4 is 14.8 Å². The summed E-state index contributed by atoms with van der Waals surface area (Å²) in [5.74, 6) is -0.00203. The number of methoxy groups -OCH3 is 2. The zero-order valence-electron chi connectivity index (χ0n) is 11.3. The third-order valence-corrected chi connectivity index (χ3v) is 2.46. The van der Waals surface area contributed by atoms with Crippen LogP contribution in [0.15, 0.2) is 18.2 Å². The molecule has 0 aliphatic rings. The Morgan fingerprint density at radius 2 is 2.05 bits per heavy atom. The quantitative estimate of drug-likeness (QED) is 0.790. The minimum atomic E-state index is -2.90. The van der Waals surface area contributed by atoms with E-state index in [1.807, 2.05) is 0 Å². The fourth-order valence-electron chi connectivity index (χ4n) is 1.59. The average molecular weight is 289 g/mol. The van der Waals surface area contributed by atoms with E-state index in [1.54, 1.807) is 12.1 Å². The molecule has 0 spiro atoms. The van der Waals surface area contributed by atoms with Crippen molar-refractivity contribution in [3.8, 4) is 11.5 Å². The van der Waals surface area contributed by atoms with Gasteiger partial charge in [0.2, 0.25) is 5.91 Å². The minimum absolute atomic E-state index is 0.00445. The van der Waals surface area contributed by atoms with E-state index in [4.69, 9.17) is 4.74 Å². The lowest BCUT2D eigenvalue weighted by Crippen LogP contribution is -2.28. The summed E-state index contributed by atoms with van der Waals surface area (Å²) in [6.45, 7) is -2.48. The van der Waals surface area contributed by atoms with Gasteiger partial charge in [-0.2, -0.15) is 8.78 Å². The second-order valence-corrected chi connectivity index (χ2v) is 3.90. The van der Waals surface area contributed by atoms with E-state index in [-0.39, 0.29) is 24.0 Å². The van der Waals surface area contributed by atoms with Crippen LogP contribution in [0.1, 0.15) is 5.56 Å². The molecule has 1 aromatic rings. The molecule has 0 heterocycles. The number of amides is 1. The monoisotopic (exact) mass is 289 g/mol. The summed E-state index contributed by atoms with van der Waals surface area (Å²) in [6.07, 6.45) is 0.542. The van der Waals surface area contributed by atoms with Crippen molar-refractivity contribution in [2.45, 2.75) is 13.0 Å². The first-order chi connectivity index (χ1) is 9.56. The van der Waals surface area contributed by atoms with Crippen LogP contribution in [0.25, 0.3) is 0 Å². The summed E-state index contributed by atoms with van der Waals surface area (Å²) in [5, 5.41) is 2.66. The first kappa shape index (κ1) is 16.2. The van der Waals surface area contributed by atoms with Gasteiger partial charge in [0, 0.05) is 13.7 Å². The van der Waals surface area contributed by atoms with Crippen LogP contribution in [0, 0.1) is 0 Å². The van der Waals surface area contributed by atoms with Crippen LogP contribution in [0.4, 0.5) is 8.78 Å². The number of nitrogens with one attached hydrogen (secondary N) is 1. The Balaban J connectivity index is 2.57. The molecule has 0 saturated carbocycles. The number of halogens is 2. The lowest BCUT2D eigenvalue weighted by Gasteiger charge is -2.11. The molecule has 1 aromatic carbocycles. The number of rotatable bonds is 8. The Hall–Kier alpha value is -1.89. The van der Waals surface area contributed by atoms with Crippen molar-refractivity contribution in [2.75, 3.05) is 27.4 Å². The Morgan fingerprint density at radius 1 is 1.30 bits per heavy atom. The maximum atomic E-state index is 12.2. The predicted octanol–water partition coefficient (Wildman–Crippen LogP) is 1.60. The third-order valence-electron chi connectivity index (χ3n) is 2.46. The van der Waals surface area contributed by atoms with Gasteiger partial charge in [-0.05, 0) is 24.1 Å². The number of alkyl halides is 2. The van der Waals surface area contributed by atoms with Gasteiger partial charge in [0.1, 0.15) is 6.61 Å². The fraction of sp³-hybridized carbons (Fsp3) is 0.462. The molecule has 0 saturated heterocycles. The highest BCUT2D eigenvalue weighted by Gasteiger charge is 2.11. The Kier molecular flexibility index (Phi) is 6.72. The lowest BCUT2D eigenvalue weighted by atomic mass is 10.1. The van der Waals surface area contributed by atoms with Gasteiger partial charge in [0.05, 0.1) is 7.11 Å². The van der Waals surface area contributed by atoms with Gasteiger partial charge in [-0.1, -0.05) is 6.07 Å². The van der Waals surface area contributed by atoms with Crippen molar-refractivity contribution in [3.05, 3.63) is 23.8 Å². The van der Waals surface area contributed by atoms with Gasteiger partial charge in [0.25, 0.3) is 0 Å². The van der Waals surface area contributed by atoms with Crippen LogP contribution in [0.2, 0.25) is 0 Å².